The fourth-order valence-corrected chi connectivity index (χ4v) is 4.48. The van der Waals surface area contributed by atoms with Gasteiger partial charge in [0.15, 0.2) is 5.78 Å². The van der Waals surface area contributed by atoms with Crippen molar-refractivity contribution in [2.75, 3.05) is 0 Å². The maximum atomic E-state index is 13.4. The zero-order chi connectivity index (χ0) is 21.1. The Bertz CT molecular complexity index is 940. The minimum Gasteiger partial charge on any atom is -0.422 e. The molecule has 0 radical (unpaired) electrons. The van der Waals surface area contributed by atoms with Gasteiger partial charge in [-0.2, -0.15) is 0 Å². The minimum absolute atomic E-state index is 0.0306. The predicted molar refractivity (Wildman–Crippen MR) is 118 cm³/mol. The van der Waals surface area contributed by atoms with Crippen LogP contribution in [0.3, 0.4) is 0 Å². The molecule has 0 fully saturated rings. The summed E-state index contributed by atoms with van der Waals surface area (Å²) in [5.74, 6) is 0.249. The van der Waals surface area contributed by atoms with Gasteiger partial charge in [-0.1, -0.05) is 37.6 Å². The number of Topliss-reactive ketones (excluding diaryl/α,β-unsaturated/α-hetero) is 1. The SMILES string of the molecule is Cc1cc(C)c(C2=C(OC(=O)SC(C)C)CC(Cc3ccccn3)C2=O)c(C)c1. The molecule has 1 atom stereocenters. The molecule has 1 aromatic heterocycles. The van der Waals surface area contributed by atoms with Crippen molar-refractivity contribution in [2.24, 2.45) is 5.92 Å². The van der Waals surface area contributed by atoms with Gasteiger partial charge >= 0.3 is 5.30 Å². The van der Waals surface area contributed by atoms with Crippen molar-refractivity contribution in [2.45, 2.75) is 52.7 Å². The highest BCUT2D eigenvalue weighted by molar-refractivity contribution is 8.13. The number of pyridine rings is 1. The normalized spacial score (nSPS) is 16.6. The molecule has 1 aromatic carbocycles. The quantitative estimate of drug-likeness (QED) is 0.582. The van der Waals surface area contributed by atoms with Crippen LogP contribution in [0.25, 0.3) is 5.57 Å². The van der Waals surface area contributed by atoms with Crippen molar-refractivity contribution in [1.29, 1.82) is 0 Å². The molecule has 3 rings (SSSR count). The molecule has 1 heterocycles. The summed E-state index contributed by atoms with van der Waals surface area (Å²) < 4.78 is 5.73. The number of nitrogens with zero attached hydrogens (tertiary/aromatic N) is 1. The van der Waals surface area contributed by atoms with Crippen molar-refractivity contribution in [1.82, 2.24) is 4.98 Å². The molecular weight excluding hydrogens is 382 g/mol. The van der Waals surface area contributed by atoms with Gasteiger partial charge < -0.3 is 4.74 Å². The molecule has 0 amide bonds. The van der Waals surface area contributed by atoms with Crippen molar-refractivity contribution in [3.05, 3.63) is 70.2 Å². The van der Waals surface area contributed by atoms with Gasteiger partial charge in [-0.25, -0.2) is 4.79 Å². The fraction of sp³-hybridized carbons (Fsp3) is 0.375. The largest absolute Gasteiger partial charge is 0.422 e. The molecule has 1 unspecified atom stereocenters. The number of allylic oxidation sites excluding steroid dienone is 2. The Morgan fingerprint density at radius 3 is 2.48 bits per heavy atom. The second kappa shape index (κ2) is 8.95. The van der Waals surface area contributed by atoms with Crippen LogP contribution in [0.15, 0.2) is 42.3 Å². The number of benzene rings is 1. The van der Waals surface area contributed by atoms with Gasteiger partial charge in [-0.05, 0) is 61.4 Å². The number of rotatable bonds is 5. The molecule has 1 aliphatic rings. The summed E-state index contributed by atoms with van der Waals surface area (Å²) in [7, 11) is 0. The van der Waals surface area contributed by atoms with Crippen LogP contribution in [-0.4, -0.2) is 21.3 Å². The van der Waals surface area contributed by atoms with Crippen LogP contribution < -0.4 is 0 Å². The van der Waals surface area contributed by atoms with E-state index in [1.807, 2.05) is 52.8 Å². The lowest BCUT2D eigenvalue weighted by Gasteiger charge is -2.14. The first-order valence-corrected chi connectivity index (χ1v) is 10.8. The first-order chi connectivity index (χ1) is 13.8. The number of carbonyl (C=O) groups excluding carboxylic acids is 2. The van der Waals surface area contributed by atoms with Crippen LogP contribution >= 0.6 is 11.8 Å². The summed E-state index contributed by atoms with van der Waals surface area (Å²) in [5, 5.41) is -0.239. The van der Waals surface area contributed by atoms with E-state index in [1.54, 1.807) is 6.20 Å². The molecule has 0 aliphatic heterocycles. The number of hydrogen-bond donors (Lipinski definition) is 0. The first-order valence-electron chi connectivity index (χ1n) is 9.90. The van der Waals surface area contributed by atoms with E-state index in [0.717, 1.165) is 39.7 Å². The van der Waals surface area contributed by atoms with E-state index in [-0.39, 0.29) is 22.3 Å². The molecule has 0 saturated heterocycles. The summed E-state index contributed by atoms with van der Waals surface area (Å²) in [6.07, 6.45) is 2.69. The second-order valence-corrected chi connectivity index (χ2v) is 9.39. The highest BCUT2D eigenvalue weighted by Gasteiger charge is 2.37. The number of hydrogen-bond acceptors (Lipinski definition) is 5. The Morgan fingerprint density at radius 2 is 1.90 bits per heavy atom. The van der Waals surface area contributed by atoms with Gasteiger partial charge in [-0.15, -0.1) is 0 Å². The van der Waals surface area contributed by atoms with E-state index in [9.17, 15) is 9.59 Å². The summed E-state index contributed by atoms with van der Waals surface area (Å²) in [6, 6.07) is 9.84. The van der Waals surface area contributed by atoms with Crippen LogP contribution in [-0.2, 0) is 16.0 Å². The molecule has 0 bridgehead atoms. The number of carbonyl (C=O) groups is 2. The molecule has 2 aromatic rings. The lowest BCUT2D eigenvalue weighted by molar-refractivity contribution is -0.116. The second-order valence-electron chi connectivity index (χ2n) is 7.88. The smallest absolute Gasteiger partial charge is 0.372 e. The fourth-order valence-electron chi connectivity index (χ4n) is 3.94. The average molecular weight is 410 g/mol. The maximum Gasteiger partial charge on any atom is 0.372 e. The predicted octanol–water partition coefficient (Wildman–Crippen LogP) is 5.83. The highest BCUT2D eigenvalue weighted by atomic mass is 32.2. The highest BCUT2D eigenvalue weighted by Crippen LogP contribution is 2.40. The molecule has 152 valence electrons. The molecule has 5 heteroatoms. The van der Waals surface area contributed by atoms with E-state index in [2.05, 4.69) is 17.1 Å². The topological polar surface area (TPSA) is 56.3 Å². The summed E-state index contributed by atoms with van der Waals surface area (Å²) in [5.41, 5.74) is 5.50. The number of ether oxygens (including phenoxy) is 1. The first kappa shape index (κ1) is 21.3. The van der Waals surface area contributed by atoms with E-state index >= 15 is 0 Å². The van der Waals surface area contributed by atoms with Gasteiger partial charge in [0.1, 0.15) is 5.76 Å². The standard InChI is InChI=1S/C24H27NO3S/c1-14(2)29-24(27)28-20-13-18(12-19-8-6-7-9-25-19)23(26)22(20)21-16(4)10-15(3)11-17(21)5/h6-11,14,18H,12-13H2,1-5H3. The van der Waals surface area contributed by atoms with Gasteiger partial charge in [0, 0.05) is 35.9 Å². The van der Waals surface area contributed by atoms with Crippen LogP contribution in [0.4, 0.5) is 4.79 Å². The summed E-state index contributed by atoms with van der Waals surface area (Å²) >= 11 is 1.14. The maximum absolute atomic E-state index is 13.4. The zero-order valence-corrected chi connectivity index (χ0v) is 18.4. The number of thioether (sulfide) groups is 1. The average Bonchev–Trinajstić information content (AvgIpc) is 2.90. The van der Waals surface area contributed by atoms with Crippen molar-refractivity contribution >= 4 is 28.4 Å². The molecule has 0 saturated carbocycles. The van der Waals surface area contributed by atoms with Crippen LogP contribution in [0.1, 0.15) is 48.2 Å². The Kier molecular flexibility index (Phi) is 6.58. The molecule has 0 spiro atoms. The lowest BCUT2D eigenvalue weighted by Crippen LogP contribution is -2.14. The van der Waals surface area contributed by atoms with E-state index in [0.29, 0.717) is 24.2 Å². The summed E-state index contributed by atoms with van der Waals surface area (Å²) in [4.78, 5) is 30.2. The molecule has 29 heavy (non-hydrogen) atoms. The minimum atomic E-state index is -0.360. The zero-order valence-electron chi connectivity index (χ0n) is 17.6. The van der Waals surface area contributed by atoms with Crippen LogP contribution in [0.2, 0.25) is 0 Å². The molecular formula is C24H27NO3S. The number of aromatic nitrogens is 1. The van der Waals surface area contributed by atoms with Crippen LogP contribution in [0, 0.1) is 26.7 Å². The third-order valence-electron chi connectivity index (χ3n) is 4.97. The van der Waals surface area contributed by atoms with Gasteiger partial charge in [0.05, 0.1) is 5.57 Å². The lowest BCUT2D eigenvalue weighted by atomic mass is 9.90. The van der Waals surface area contributed by atoms with Gasteiger partial charge in [0.2, 0.25) is 0 Å². The Balaban J connectivity index is 1.99. The number of ketones is 1. The van der Waals surface area contributed by atoms with Gasteiger partial charge in [0.25, 0.3) is 0 Å². The van der Waals surface area contributed by atoms with Crippen LogP contribution in [0.5, 0.6) is 0 Å². The molecule has 1 aliphatic carbocycles. The van der Waals surface area contributed by atoms with E-state index in [4.69, 9.17) is 4.74 Å². The Labute approximate surface area is 176 Å². The van der Waals surface area contributed by atoms with E-state index in [1.165, 1.54) is 0 Å². The number of aryl methyl sites for hydroxylation is 3. The third-order valence-corrected chi connectivity index (χ3v) is 5.72. The monoisotopic (exact) mass is 409 g/mol. The van der Waals surface area contributed by atoms with Crippen molar-refractivity contribution < 1.29 is 14.3 Å². The van der Waals surface area contributed by atoms with Crippen molar-refractivity contribution in [3.63, 3.8) is 0 Å². The van der Waals surface area contributed by atoms with Crippen molar-refractivity contribution in [3.8, 4) is 0 Å². The van der Waals surface area contributed by atoms with E-state index < -0.39 is 0 Å². The molecule has 0 N–H and O–H groups in total. The summed E-state index contributed by atoms with van der Waals surface area (Å²) in [6.45, 7) is 9.94. The molecule has 4 nitrogen and oxygen atoms in total. The van der Waals surface area contributed by atoms with Gasteiger partial charge in [-0.3, -0.25) is 9.78 Å². The Morgan fingerprint density at radius 1 is 1.21 bits per heavy atom. The third kappa shape index (κ3) is 4.96. The Hall–Kier alpha value is -2.40.